The summed E-state index contributed by atoms with van der Waals surface area (Å²) in [4.78, 5) is 29.5. The van der Waals surface area contributed by atoms with Crippen molar-refractivity contribution in [1.29, 1.82) is 0 Å². The third-order valence-corrected chi connectivity index (χ3v) is 5.10. The number of piperazine rings is 1. The smallest absolute Gasteiger partial charge is 0.255 e. The van der Waals surface area contributed by atoms with Gasteiger partial charge < -0.3 is 15.1 Å². The topological polar surface area (TPSA) is 52.7 Å². The molecule has 5 heteroatoms. The number of amides is 2. The van der Waals surface area contributed by atoms with Crippen LogP contribution in [0, 0.1) is 0 Å². The minimum atomic E-state index is -0.204. The second-order valence-electron chi connectivity index (χ2n) is 6.81. The van der Waals surface area contributed by atoms with Gasteiger partial charge in [-0.1, -0.05) is 32.0 Å². The summed E-state index contributed by atoms with van der Waals surface area (Å²) in [5, 5.41) is 2.90. The van der Waals surface area contributed by atoms with Crippen LogP contribution in [-0.2, 0) is 6.42 Å². The van der Waals surface area contributed by atoms with E-state index in [4.69, 9.17) is 0 Å². The van der Waals surface area contributed by atoms with Gasteiger partial charge in [0, 0.05) is 43.0 Å². The monoisotopic (exact) mass is 365 g/mol. The van der Waals surface area contributed by atoms with Crippen LogP contribution in [-0.4, -0.2) is 54.3 Å². The summed E-state index contributed by atoms with van der Waals surface area (Å²) in [7, 11) is 0. The van der Waals surface area contributed by atoms with Crippen molar-refractivity contribution >= 4 is 17.5 Å². The normalized spacial score (nSPS) is 14.8. The van der Waals surface area contributed by atoms with Crippen molar-refractivity contribution < 1.29 is 9.59 Å². The second kappa shape index (κ2) is 8.82. The molecular formula is C22H27N3O2. The van der Waals surface area contributed by atoms with E-state index in [2.05, 4.69) is 24.1 Å². The standard InChI is InChI=1S/C22H27N3O2/c1-3-17-8-10-20(11-9-17)23-21(26)18-6-5-7-19(16-18)22(27)25-14-12-24(4-2)13-15-25/h5-11,16H,3-4,12-15H2,1-2H3,(H,23,26). The van der Waals surface area contributed by atoms with E-state index < -0.39 is 0 Å². The Morgan fingerprint density at radius 2 is 1.59 bits per heavy atom. The Morgan fingerprint density at radius 1 is 0.926 bits per heavy atom. The second-order valence-corrected chi connectivity index (χ2v) is 6.81. The van der Waals surface area contributed by atoms with E-state index >= 15 is 0 Å². The van der Waals surface area contributed by atoms with Crippen molar-refractivity contribution in [2.24, 2.45) is 0 Å². The lowest BCUT2D eigenvalue weighted by Gasteiger charge is -2.34. The summed E-state index contributed by atoms with van der Waals surface area (Å²) < 4.78 is 0. The highest BCUT2D eigenvalue weighted by Gasteiger charge is 2.22. The summed E-state index contributed by atoms with van der Waals surface area (Å²) in [5.74, 6) is -0.211. The highest BCUT2D eigenvalue weighted by atomic mass is 16.2. The summed E-state index contributed by atoms with van der Waals surface area (Å²) in [6, 6.07) is 14.8. The molecule has 0 spiro atoms. The Labute approximate surface area is 161 Å². The maximum absolute atomic E-state index is 12.8. The maximum Gasteiger partial charge on any atom is 0.255 e. The molecule has 0 radical (unpaired) electrons. The van der Waals surface area contributed by atoms with Crippen LogP contribution in [0.4, 0.5) is 5.69 Å². The van der Waals surface area contributed by atoms with Crippen LogP contribution in [0.2, 0.25) is 0 Å². The van der Waals surface area contributed by atoms with Crippen LogP contribution in [0.15, 0.2) is 48.5 Å². The van der Waals surface area contributed by atoms with Crippen molar-refractivity contribution in [3.63, 3.8) is 0 Å². The predicted molar refractivity (Wildman–Crippen MR) is 108 cm³/mol. The van der Waals surface area contributed by atoms with E-state index in [1.807, 2.05) is 29.2 Å². The Bertz CT molecular complexity index is 793. The number of carbonyl (C=O) groups is 2. The number of rotatable bonds is 5. The first-order chi connectivity index (χ1) is 13.1. The van der Waals surface area contributed by atoms with E-state index in [0.29, 0.717) is 11.1 Å². The van der Waals surface area contributed by atoms with Gasteiger partial charge in [0.25, 0.3) is 11.8 Å². The fraction of sp³-hybridized carbons (Fsp3) is 0.364. The molecule has 0 bridgehead atoms. The zero-order valence-electron chi connectivity index (χ0n) is 16.1. The van der Waals surface area contributed by atoms with Crippen molar-refractivity contribution in [2.75, 3.05) is 38.0 Å². The minimum Gasteiger partial charge on any atom is -0.336 e. The quantitative estimate of drug-likeness (QED) is 0.885. The van der Waals surface area contributed by atoms with Gasteiger partial charge in [0.15, 0.2) is 0 Å². The lowest BCUT2D eigenvalue weighted by atomic mass is 10.1. The molecule has 1 saturated heterocycles. The largest absolute Gasteiger partial charge is 0.336 e. The van der Waals surface area contributed by atoms with Crippen molar-refractivity contribution in [2.45, 2.75) is 20.3 Å². The van der Waals surface area contributed by atoms with Gasteiger partial charge in [-0.05, 0) is 48.9 Å². The predicted octanol–water partition coefficient (Wildman–Crippen LogP) is 3.28. The summed E-state index contributed by atoms with van der Waals surface area (Å²) >= 11 is 0. The van der Waals surface area contributed by atoms with Gasteiger partial charge >= 0.3 is 0 Å². The molecule has 1 N–H and O–H groups in total. The van der Waals surface area contributed by atoms with E-state index in [-0.39, 0.29) is 11.8 Å². The molecule has 27 heavy (non-hydrogen) atoms. The van der Waals surface area contributed by atoms with Gasteiger partial charge in [-0.2, -0.15) is 0 Å². The van der Waals surface area contributed by atoms with Gasteiger partial charge in [-0.25, -0.2) is 0 Å². The molecule has 0 saturated carbocycles. The van der Waals surface area contributed by atoms with Crippen molar-refractivity contribution in [3.8, 4) is 0 Å². The number of nitrogens with zero attached hydrogens (tertiary/aromatic N) is 2. The molecule has 142 valence electrons. The maximum atomic E-state index is 12.8. The van der Waals surface area contributed by atoms with Crippen LogP contribution in [0.5, 0.6) is 0 Å². The molecule has 0 aliphatic carbocycles. The lowest BCUT2D eigenvalue weighted by Crippen LogP contribution is -2.48. The van der Waals surface area contributed by atoms with Crippen LogP contribution in [0.3, 0.4) is 0 Å². The third kappa shape index (κ3) is 4.74. The number of benzene rings is 2. The number of anilines is 1. The number of carbonyl (C=O) groups excluding carboxylic acids is 2. The average Bonchev–Trinajstić information content (AvgIpc) is 2.74. The van der Waals surface area contributed by atoms with Crippen LogP contribution in [0.1, 0.15) is 40.1 Å². The zero-order chi connectivity index (χ0) is 19.2. The molecule has 1 aliphatic heterocycles. The molecule has 2 amide bonds. The summed E-state index contributed by atoms with van der Waals surface area (Å²) in [6.45, 7) is 8.50. The van der Waals surface area contributed by atoms with Crippen LogP contribution < -0.4 is 5.32 Å². The Hall–Kier alpha value is -2.66. The van der Waals surface area contributed by atoms with Gasteiger partial charge in [-0.3, -0.25) is 9.59 Å². The zero-order valence-corrected chi connectivity index (χ0v) is 16.1. The fourth-order valence-electron chi connectivity index (χ4n) is 3.27. The van der Waals surface area contributed by atoms with Crippen molar-refractivity contribution in [1.82, 2.24) is 9.80 Å². The van der Waals surface area contributed by atoms with Crippen molar-refractivity contribution in [3.05, 3.63) is 65.2 Å². The molecule has 0 atom stereocenters. The lowest BCUT2D eigenvalue weighted by molar-refractivity contribution is 0.0643. The van der Waals surface area contributed by atoms with Gasteiger partial charge in [0.2, 0.25) is 0 Å². The third-order valence-electron chi connectivity index (χ3n) is 5.10. The van der Waals surface area contributed by atoms with Gasteiger partial charge in [0.1, 0.15) is 0 Å². The first kappa shape index (κ1) is 19.1. The molecular weight excluding hydrogens is 338 g/mol. The Kier molecular flexibility index (Phi) is 6.24. The van der Waals surface area contributed by atoms with Crippen LogP contribution >= 0.6 is 0 Å². The number of likely N-dealkylation sites (N-methyl/N-ethyl adjacent to an activating group) is 1. The number of hydrogen-bond donors (Lipinski definition) is 1. The molecule has 1 aliphatic rings. The molecule has 5 nitrogen and oxygen atoms in total. The Morgan fingerprint density at radius 3 is 2.22 bits per heavy atom. The van der Waals surface area contributed by atoms with E-state index in [1.165, 1.54) is 5.56 Å². The van der Waals surface area contributed by atoms with Gasteiger partial charge in [-0.15, -0.1) is 0 Å². The van der Waals surface area contributed by atoms with E-state index in [9.17, 15) is 9.59 Å². The summed E-state index contributed by atoms with van der Waals surface area (Å²) in [5.41, 5.74) is 3.04. The molecule has 1 fully saturated rings. The number of hydrogen-bond acceptors (Lipinski definition) is 3. The minimum absolute atomic E-state index is 0.00676. The van der Waals surface area contributed by atoms with E-state index in [1.54, 1.807) is 24.3 Å². The fourth-order valence-corrected chi connectivity index (χ4v) is 3.27. The highest BCUT2D eigenvalue weighted by molar-refractivity contribution is 6.06. The van der Waals surface area contributed by atoms with Gasteiger partial charge in [0.05, 0.1) is 0 Å². The molecule has 2 aromatic rings. The highest BCUT2D eigenvalue weighted by Crippen LogP contribution is 2.14. The number of nitrogens with one attached hydrogen (secondary N) is 1. The number of aryl methyl sites for hydroxylation is 1. The molecule has 0 unspecified atom stereocenters. The van der Waals surface area contributed by atoms with E-state index in [0.717, 1.165) is 44.8 Å². The SMILES string of the molecule is CCc1ccc(NC(=O)c2cccc(C(=O)N3CCN(CC)CC3)c2)cc1. The summed E-state index contributed by atoms with van der Waals surface area (Å²) in [6.07, 6.45) is 0.963. The molecule has 0 aromatic heterocycles. The Balaban J connectivity index is 1.67. The average molecular weight is 365 g/mol. The molecule has 3 rings (SSSR count). The molecule has 2 aromatic carbocycles. The van der Waals surface area contributed by atoms with Crippen LogP contribution in [0.25, 0.3) is 0 Å². The first-order valence-corrected chi connectivity index (χ1v) is 9.62. The molecule has 1 heterocycles. The first-order valence-electron chi connectivity index (χ1n) is 9.62.